The number of anilines is 1. The van der Waals surface area contributed by atoms with E-state index < -0.39 is 23.3 Å². The maximum Gasteiger partial charge on any atom is 0.418 e. The lowest BCUT2D eigenvalue weighted by Gasteiger charge is -2.26. The van der Waals surface area contributed by atoms with Crippen LogP contribution < -0.4 is 15.8 Å². The van der Waals surface area contributed by atoms with Gasteiger partial charge in [0, 0.05) is 29.9 Å². The van der Waals surface area contributed by atoms with E-state index in [-0.39, 0.29) is 17.8 Å². The second kappa shape index (κ2) is 8.18. The molecule has 0 bridgehead atoms. The van der Waals surface area contributed by atoms with E-state index in [4.69, 9.17) is 10.5 Å². The molecule has 3 aromatic rings. The minimum atomic E-state index is -4.70. The van der Waals surface area contributed by atoms with Crippen molar-refractivity contribution in [2.45, 2.75) is 43.9 Å². The highest BCUT2D eigenvalue weighted by molar-refractivity contribution is 6.06. The number of fused-ring (bicyclic) bond motifs is 1. The predicted octanol–water partition coefficient (Wildman–Crippen LogP) is 4.15. The summed E-state index contributed by atoms with van der Waals surface area (Å²) in [7, 11) is 1.41. The van der Waals surface area contributed by atoms with Crippen LogP contribution in [0.3, 0.4) is 0 Å². The van der Waals surface area contributed by atoms with Gasteiger partial charge in [0.25, 0.3) is 5.91 Å². The topological polar surface area (TPSA) is 95.1 Å². The average Bonchev–Trinajstić information content (AvgIpc) is 3.15. The molecule has 1 aliphatic rings. The third-order valence-electron chi connectivity index (χ3n) is 5.54. The zero-order chi connectivity index (χ0) is 22.2. The maximum absolute atomic E-state index is 13.2. The third-order valence-corrected chi connectivity index (χ3v) is 5.54. The number of carbonyl (C=O) groups excluding carboxylic acids is 1. The first-order chi connectivity index (χ1) is 14.8. The van der Waals surface area contributed by atoms with Crippen molar-refractivity contribution in [2.75, 3.05) is 12.4 Å². The summed E-state index contributed by atoms with van der Waals surface area (Å²) in [4.78, 5) is 16.2. The molecule has 1 aliphatic carbocycles. The van der Waals surface area contributed by atoms with Gasteiger partial charge in [0.05, 0.1) is 29.9 Å². The van der Waals surface area contributed by atoms with E-state index in [0.717, 1.165) is 49.4 Å². The number of ether oxygens (including phenoxy) is 1. The van der Waals surface area contributed by atoms with E-state index in [2.05, 4.69) is 15.4 Å². The fourth-order valence-electron chi connectivity index (χ4n) is 3.89. The Morgan fingerprint density at radius 1 is 1.26 bits per heavy atom. The van der Waals surface area contributed by atoms with Crippen LogP contribution in [-0.2, 0) is 6.18 Å². The summed E-state index contributed by atoms with van der Waals surface area (Å²) >= 11 is 0. The molecule has 0 unspecified atom stereocenters. The number of aromatic nitrogens is 3. The summed E-state index contributed by atoms with van der Waals surface area (Å²) in [5.74, 6) is -0.680. The molecule has 1 saturated carbocycles. The molecule has 10 heteroatoms. The zero-order valence-electron chi connectivity index (χ0n) is 16.8. The van der Waals surface area contributed by atoms with Crippen LogP contribution in [0.2, 0.25) is 0 Å². The van der Waals surface area contributed by atoms with Gasteiger partial charge in [-0.1, -0.05) is 0 Å². The van der Waals surface area contributed by atoms with E-state index >= 15 is 0 Å². The van der Waals surface area contributed by atoms with Crippen LogP contribution in [0, 0.1) is 0 Å². The molecule has 31 heavy (non-hydrogen) atoms. The number of amides is 1. The summed E-state index contributed by atoms with van der Waals surface area (Å²) in [6, 6.07) is 5.70. The van der Waals surface area contributed by atoms with Crippen molar-refractivity contribution in [1.82, 2.24) is 14.8 Å². The van der Waals surface area contributed by atoms with Gasteiger partial charge in [0.1, 0.15) is 11.4 Å². The van der Waals surface area contributed by atoms with Gasteiger partial charge in [-0.3, -0.25) is 14.5 Å². The second-order valence-electron chi connectivity index (χ2n) is 7.64. The molecule has 7 nitrogen and oxygen atoms in total. The molecule has 0 saturated heterocycles. The number of alkyl halides is 3. The molecule has 2 aromatic heterocycles. The van der Waals surface area contributed by atoms with Crippen LogP contribution >= 0.6 is 0 Å². The molecule has 4 rings (SSSR count). The number of rotatable bonds is 4. The first-order valence-corrected chi connectivity index (χ1v) is 9.92. The van der Waals surface area contributed by atoms with Crippen LogP contribution in [0.4, 0.5) is 18.9 Å². The number of benzene rings is 1. The van der Waals surface area contributed by atoms with E-state index in [9.17, 15) is 18.0 Å². The standard InChI is InChI=1S/C21H22F3N5O2/c1-31-18-10-16-12(11-29(28-16)14-6-4-13(25)5-7-14)9-17(18)27-20(30)19-15(21(22,23)24)3-2-8-26-19/h2-3,8-11,13-14H,4-7,25H2,1H3,(H,27,30). The van der Waals surface area contributed by atoms with Gasteiger partial charge < -0.3 is 15.8 Å². The highest BCUT2D eigenvalue weighted by atomic mass is 19.4. The molecule has 0 spiro atoms. The number of methoxy groups -OCH3 is 1. The van der Waals surface area contributed by atoms with Crippen molar-refractivity contribution in [3.63, 3.8) is 0 Å². The first kappa shape index (κ1) is 21.1. The van der Waals surface area contributed by atoms with Gasteiger partial charge in [-0.2, -0.15) is 18.3 Å². The lowest BCUT2D eigenvalue weighted by atomic mass is 9.92. The largest absolute Gasteiger partial charge is 0.494 e. The van der Waals surface area contributed by atoms with E-state index in [0.29, 0.717) is 11.3 Å². The van der Waals surface area contributed by atoms with Gasteiger partial charge in [0.15, 0.2) is 0 Å². The maximum atomic E-state index is 13.2. The zero-order valence-corrected chi connectivity index (χ0v) is 16.8. The molecule has 164 valence electrons. The number of hydrogen-bond acceptors (Lipinski definition) is 5. The summed E-state index contributed by atoms with van der Waals surface area (Å²) in [6.45, 7) is 0. The van der Waals surface area contributed by atoms with Gasteiger partial charge in [-0.25, -0.2) is 0 Å². The van der Waals surface area contributed by atoms with Gasteiger partial charge in [-0.15, -0.1) is 0 Å². The van der Waals surface area contributed by atoms with E-state index in [1.807, 2.05) is 10.9 Å². The van der Waals surface area contributed by atoms with Crippen molar-refractivity contribution >= 4 is 22.5 Å². The number of nitrogens with two attached hydrogens (primary N) is 1. The summed E-state index contributed by atoms with van der Waals surface area (Å²) < 4.78 is 46.9. The van der Waals surface area contributed by atoms with Crippen LogP contribution in [0.15, 0.2) is 36.7 Å². The molecule has 0 radical (unpaired) electrons. The van der Waals surface area contributed by atoms with Crippen molar-refractivity contribution in [3.8, 4) is 5.75 Å². The summed E-state index contributed by atoms with van der Waals surface area (Å²) in [5.41, 5.74) is 5.08. The Kier molecular flexibility index (Phi) is 5.57. The highest BCUT2D eigenvalue weighted by Crippen LogP contribution is 2.35. The lowest BCUT2D eigenvalue weighted by molar-refractivity contribution is -0.138. The van der Waals surface area contributed by atoms with E-state index in [1.165, 1.54) is 7.11 Å². The van der Waals surface area contributed by atoms with Gasteiger partial charge in [0.2, 0.25) is 0 Å². The first-order valence-electron chi connectivity index (χ1n) is 9.92. The Balaban J connectivity index is 1.64. The van der Waals surface area contributed by atoms with Crippen LogP contribution in [-0.4, -0.2) is 33.8 Å². The van der Waals surface area contributed by atoms with Crippen molar-refractivity contribution in [2.24, 2.45) is 5.73 Å². The fraction of sp³-hybridized carbons (Fsp3) is 0.381. The molecular weight excluding hydrogens is 411 g/mol. The SMILES string of the molecule is COc1cc2nn(C3CCC(N)CC3)cc2cc1NC(=O)c1ncccc1C(F)(F)F. The normalized spacial score (nSPS) is 19.4. The monoisotopic (exact) mass is 433 g/mol. The van der Waals surface area contributed by atoms with Crippen LogP contribution in [0.25, 0.3) is 10.9 Å². The van der Waals surface area contributed by atoms with Crippen molar-refractivity contribution in [3.05, 3.63) is 47.9 Å². The third kappa shape index (κ3) is 4.34. The van der Waals surface area contributed by atoms with Gasteiger partial charge >= 0.3 is 6.18 Å². The van der Waals surface area contributed by atoms with E-state index in [1.54, 1.807) is 12.1 Å². The number of pyridine rings is 1. The smallest absolute Gasteiger partial charge is 0.418 e. The lowest BCUT2D eigenvalue weighted by Crippen LogP contribution is -2.27. The molecule has 2 heterocycles. The Morgan fingerprint density at radius 2 is 2.00 bits per heavy atom. The molecule has 0 aliphatic heterocycles. The number of hydrogen-bond donors (Lipinski definition) is 2. The highest BCUT2D eigenvalue weighted by Gasteiger charge is 2.36. The van der Waals surface area contributed by atoms with Crippen LogP contribution in [0.5, 0.6) is 5.75 Å². The number of carbonyl (C=O) groups is 1. The molecule has 3 N–H and O–H groups in total. The van der Waals surface area contributed by atoms with Gasteiger partial charge in [-0.05, 0) is 43.9 Å². The minimum Gasteiger partial charge on any atom is -0.494 e. The Morgan fingerprint density at radius 3 is 2.68 bits per heavy atom. The number of nitrogens with zero attached hydrogens (tertiary/aromatic N) is 3. The Labute approximate surface area is 176 Å². The molecule has 1 fully saturated rings. The molecule has 0 atom stereocenters. The number of halogens is 3. The van der Waals surface area contributed by atoms with Crippen LogP contribution in [0.1, 0.15) is 47.8 Å². The quantitative estimate of drug-likeness (QED) is 0.645. The summed E-state index contributed by atoms with van der Waals surface area (Å²) in [5, 5.41) is 7.85. The summed E-state index contributed by atoms with van der Waals surface area (Å²) in [6.07, 6.45) is 2.02. The van der Waals surface area contributed by atoms with Crippen molar-refractivity contribution in [1.29, 1.82) is 0 Å². The molecular formula is C21H22F3N5O2. The molecule has 1 aromatic carbocycles. The minimum absolute atomic E-state index is 0.219. The Bertz CT molecular complexity index is 1100. The number of nitrogens with one attached hydrogen (secondary N) is 1. The average molecular weight is 433 g/mol. The Hall–Kier alpha value is -3.14. The second-order valence-corrected chi connectivity index (χ2v) is 7.64. The predicted molar refractivity (Wildman–Crippen MR) is 109 cm³/mol. The molecule has 1 amide bonds. The van der Waals surface area contributed by atoms with Crippen molar-refractivity contribution < 1.29 is 22.7 Å². The fourth-order valence-corrected chi connectivity index (χ4v) is 3.89.